The van der Waals surface area contributed by atoms with E-state index in [1.807, 2.05) is 43.9 Å². The molecule has 0 bridgehead atoms. The molecule has 1 unspecified atom stereocenters. The summed E-state index contributed by atoms with van der Waals surface area (Å²) in [5.41, 5.74) is 0.342. The van der Waals surface area contributed by atoms with Crippen LogP contribution in [0.3, 0.4) is 0 Å². The van der Waals surface area contributed by atoms with Gasteiger partial charge in [-0.3, -0.25) is 14.6 Å². The number of hydrogen-bond acceptors (Lipinski definition) is 7. The van der Waals surface area contributed by atoms with E-state index < -0.39 is 27.0 Å². The van der Waals surface area contributed by atoms with E-state index in [4.69, 9.17) is 4.74 Å². The van der Waals surface area contributed by atoms with Crippen LogP contribution in [0.4, 0.5) is 9.59 Å². The summed E-state index contributed by atoms with van der Waals surface area (Å²) in [5, 5.41) is 3.01. The Morgan fingerprint density at radius 2 is 1.62 bits per heavy atom. The number of likely N-dealkylation sites (tertiary alicyclic amines) is 2. The molecule has 3 aliphatic heterocycles. The summed E-state index contributed by atoms with van der Waals surface area (Å²) < 4.78 is 29.4. The van der Waals surface area contributed by atoms with Crippen LogP contribution in [0.2, 0.25) is 0 Å². The molecule has 3 heterocycles. The number of nitrogens with zero attached hydrogens (tertiary/aromatic N) is 3. The average molecular weight is 639 g/mol. The van der Waals surface area contributed by atoms with E-state index in [1.54, 1.807) is 12.1 Å². The first-order valence-corrected chi connectivity index (χ1v) is 17.7. The molecule has 1 spiro atoms. The van der Waals surface area contributed by atoms with E-state index in [0.29, 0.717) is 44.6 Å². The van der Waals surface area contributed by atoms with Gasteiger partial charge >= 0.3 is 12.1 Å². The van der Waals surface area contributed by atoms with Gasteiger partial charge < -0.3 is 15.0 Å². The number of sulfone groups is 1. The van der Waals surface area contributed by atoms with Crippen LogP contribution in [0.15, 0.2) is 59.5 Å². The van der Waals surface area contributed by atoms with Crippen LogP contribution in [0.5, 0.6) is 0 Å². The molecule has 3 fully saturated rings. The molecule has 2 aromatic rings. The normalized spacial score (nSPS) is 23.1. The van der Waals surface area contributed by atoms with Crippen molar-refractivity contribution in [3.05, 3.63) is 65.7 Å². The molecule has 11 heteroatoms. The van der Waals surface area contributed by atoms with Gasteiger partial charge in [0.25, 0.3) is 5.91 Å². The highest BCUT2D eigenvalue weighted by Gasteiger charge is 2.54. The van der Waals surface area contributed by atoms with Crippen LogP contribution >= 0.6 is 0 Å². The Morgan fingerprint density at radius 3 is 2.18 bits per heavy atom. The fraction of sp³-hybridized carbons (Fsp3) is 0.559. The van der Waals surface area contributed by atoms with Gasteiger partial charge in [-0.2, -0.15) is 0 Å². The zero-order valence-corrected chi connectivity index (χ0v) is 28.0. The largest absolute Gasteiger partial charge is 0.444 e. The monoisotopic (exact) mass is 638 g/mol. The Morgan fingerprint density at radius 1 is 1.00 bits per heavy atom. The van der Waals surface area contributed by atoms with Gasteiger partial charge in [-0.15, -0.1) is 0 Å². The van der Waals surface area contributed by atoms with Gasteiger partial charge in [0, 0.05) is 50.3 Å². The molecule has 3 aliphatic rings. The lowest BCUT2D eigenvalue weighted by atomic mass is 9.77. The number of piperidine rings is 1. The van der Waals surface area contributed by atoms with Gasteiger partial charge in [0.1, 0.15) is 11.1 Å². The molecule has 10 nitrogen and oxygen atoms in total. The van der Waals surface area contributed by atoms with E-state index >= 15 is 0 Å². The van der Waals surface area contributed by atoms with Gasteiger partial charge in [0.2, 0.25) is 0 Å². The van der Waals surface area contributed by atoms with Gasteiger partial charge in [0.05, 0.1) is 11.4 Å². The van der Waals surface area contributed by atoms with Gasteiger partial charge in [0.15, 0.2) is 9.84 Å². The summed E-state index contributed by atoms with van der Waals surface area (Å²) in [5.74, 6) is 0.349. The fourth-order valence-electron chi connectivity index (χ4n) is 7.28. The fourth-order valence-corrected chi connectivity index (χ4v) is 7.91. The number of carbonyl (C=O) groups is 3. The highest BCUT2D eigenvalue weighted by molar-refractivity contribution is 7.90. The number of benzene rings is 2. The van der Waals surface area contributed by atoms with Crippen molar-refractivity contribution in [1.82, 2.24) is 20.0 Å². The molecule has 2 aromatic carbocycles. The molecule has 0 aromatic heterocycles. The van der Waals surface area contributed by atoms with E-state index in [1.165, 1.54) is 22.6 Å². The Balaban J connectivity index is 1.31. The number of imide groups is 1. The first kappa shape index (κ1) is 32.9. The summed E-state index contributed by atoms with van der Waals surface area (Å²) in [7, 11) is -3.34. The summed E-state index contributed by atoms with van der Waals surface area (Å²) in [6.45, 7) is 12.6. The Labute approximate surface area is 267 Å². The average Bonchev–Trinajstić information content (AvgIpc) is 3.49. The lowest BCUT2D eigenvalue weighted by Gasteiger charge is -2.45. The Kier molecular flexibility index (Phi) is 9.07. The summed E-state index contributed by atoms with van der Waals surface area (Å²) in [6.07, 6.45) is 1.83. The van der Waals surface area contributed by atoms with Crippen molar-refractivity contribution >= 4 is 27.9 Å². The first-order chi connectivity index (χ1) is 21.1. The predicted octanol–water partition coefficient (Wildman–Crippen LogP) is 4.65. The number of nitrogens with one attached hydrogen (secondary N) is 1. The number of carbonyl (C=O) groups excluding carboxylic acids is 3. The van der Waals surface area contributed by atoms with Crippen LogP contribution in [0.1, 0.15) is 64.5 Å². The maximum absolute atomic E-state index is 13.7. The highest BCUT2D eigenvalue weighted by atomic mass is 32.2. The molecule has 4 amide bonds. The van der Waals surface area contributed by atoms with Crippen molar-refractivity contribution in [3.8, 4) is 0 Å². The maximum Gasteiger partial charge on any atom is 0.410 e. The van der Waals surface area contributed by atoms with E-state index in [-0.39, 0.29) is 47.2 Å². The third-order valence-electron chi connectivity index (χ3n) is 9.38. The number of rotatable bonds is 7. The molecule has 244 valence electrons. The van der Waals surface area contributed by atoms with Crippen molar-refractivity contribution in [2.45, 2.75) is 82.0 Å². The third kappa shape index (κ3) is 7.04. The number of ether oxygens (including phenoxy) is 1. The van der Waals surface area contributed by atoms with E-state index in [0.717, 1.165) is 6.26 Å². The lowest BCUT2D eigenvalue weighted by molar-refractivity contribution is -0.133. The van der Waals surface area contributed by atoms with E-state index in [9.17, 15) is 22.8 Å². The summed E-state index contributed by atoms with van der Waals surface area (Å²) in [4.78, 5) is 45.7. The van der Waals surface area contributed by atoms with Gasteiger partial charge in [-0.05, 0) is 62.8 Å². The molecule has 0 radical (unpaired) electrons. The van der Waals surface area contributed by atoms with Crippen LogP contribution in [0.25, 0.3) is 0 Å². The van der Waals surface area contributed by atoms with Crippen molar-refractivity contribution in [3.63, 3.8) is 0 Å². The Hall–Kier alpha value is -3.44. The number of hydrogen-bond donors (Lipinski definition) is 1. The minimum atomic E-state index is -3.34. The highest BCUT2D eigenvalue weighted by Crippen LogP contribution is 2.41. The quantitative estimate of drug-likeness (QED) is 0.439. The zero-order valence-electron chi connectivity index (χ0n) is 27.2. The predicted molar refractivity (Wildman–Crippen MR) is 171 cm³/mol. The molecule has 5 rings (SSSR count). The van der Waals surface area contributed by atoms with Crippen molar-refractivity contribution in [2.75, 3.05) is 32.4 Å². The first-order valence-electron chi connectivity index (χ1n) is 15.8. The minimum absolute atomic E-state index is 0.0795. The van der Waals surface area contributed by atoms with Crippen LogP contribution in [-0.2, 0) is 25.9 Å². The van der Waals surface area contributed by atoms with Crippen LogP contribution in [-0.4, -0.2) is 90.8 Å². The molecule has 3 saturated heterocycles. The summed E-state index contributed by atoms with van der Waals surface area (Å²) >= 11 is 0. The molecule has 1 N–H and O–H groups in total. The molecule has 3 atom stereocenters. The molecule has 0 saturated carbocycles. The Bertz CT molecular complexity index is 1510. The molecular weight excluding hydrogens is 592 g/mol. The second kappa shape index (κ2) is 12.4. The van der Waals surface area contributed by atoms with E-state index in [2.05, 4.69) is 36.2 Å². The standard InChI is InChI=1S/C34H46N4O6S/c1-23(2)29(28-22-37(32(41)44-33(3,4)5)21-27(28)25-10-8-7-9-11-25)36-18-16-34(17-19-36)30(39)38(31(40)35-34)20-24-12-14-26(15-13-24)45(6,42)43/h7-15,23,27-29H,16-22H2,1-6H3,(H,35,40)/t27-,28-,29?/m1/s1. The topological polar surface area (TPSA) is 116 Å². The smallest absolute Gasteiger partial charge is 0.410 e. The van der Waals surface area contributed by atoms with Crippen LogP contribution < -0.4 is 5.32 Å². The number of urea groups is 1. The molecule has 45 heavy (non-hydrogen) atoms. The second-order valence-corrected chi connectivity index (χ2v) is 16.2. The zero-order chi connectivity index (χ0) is 32.7. The summed E-state index contributed by atoms with van der Waals surface area (Å²) in [6, 6.07) is 16.4. The van der Waals surface area contributed by atoms with Gasteiger partial charge in [-0.1, -0.05) is 56.3 Å². The minimum Gasteiger partial charge on any atom is -0.444 e. The van der Waals surface area contributed by atoms with Gasteiger partial charge in [-0.25, -0.2) is 18.0 Å². The van der Waals surface area contributed by atoms with Crippen molar-refractivity contribution in [2.24, 2.45) is 11.8 Å². The third-order valence-corrected chi connectivity index (χ3v) is 10.5. The van der Waals surface area contributed by atoms with Crippen molar-refractivity contribution in [1.29, 1.82) is 0 Å². The lowest BCUT2D eigenvalue weighted by Crippen LogP contribution is -2.58. The number of amides is 4. The van der Waals surface area contributed by atoms with Crippen LogP contribution in [0, 0.1) is 11.8 Å². The molecular formula is C34H46N4O6S. The molecule has 0 aliphatic carbocycles. The SMILES string of the molecule is CC(C)C([C@@H]1CN(C(=O)OC(C)(C)C)C[C@@H]1c1ccccc1)N1CCC2(CC1)NC(=O)N(Cc1ccc(S(C)(=O)=O)cc1)C2=O. The second-order valence-electron chi connectivity index (χ2n) is 14.2. The van der Waals surface area contributed by atoms with Crippen molar-refractivity contribution < 1.29 is 27.5 Å². The maximum atomic E-state index is 13.7.